The van der Waals surface area contributed by atoms with Crippen LogP contribution in [0, 0.1) is 17.0 Å². The van der Waals surface area contributed by atoms with E-state index in [-0.39, 0.29) is 29.5 Å². The lowest BCUT2D eigenvalue weighted by Gasteiger charge is -2.04. The second kappa shape index (κ2) is 5.30. The van der Waals surface area contributed by atoms with Crippen LogP contribution in [0.3, 0.4) is 0 Å². The quantitative estimate of drug-likeness (QED) is 0.594. The van der Waals surface area contributed by atoms with Crippen molar-refractivity contribution in [2.24, 2.45) is 0 Å². The Labute approximate surface area is 112 Å². The normalized spacial score (nSPS) is 10.2. The molecule has 0 bridgehead atoms. The maximum atomic E-state index is 11.9. The Morgan fingerprint density at radius 1 is 1.60 bits per heavy atom. The number of amides is 1. The lowest BCUT2D eigenvalue weighted by molar-refractivity contribution is -0.385. The van der Waals surface area contributed by atoms with Crippen LogP contribution in [0.4, 0.5) is 11.5 Å². The molecule has 1 amide bonds. The third-order valence-corrected chi connectivity index (χ3v) is 2.33. The van der Waals surface area contributed by atoms with E-state index in [1.54, 1.807) is 6.92 Å². The first-order chi connectivity index (χ1) is 9.47. The van der Waals surface area contributed by atoms with Gasteiger partial charge in [0.2, 0.25) is 5.89 Å². The van der Waals surface area contributed by atoms with Crippen LogP contribution in [0.5, 0.6) is 0 Å². The summed E-state index contributed by atoms with van der Waals surface area (Å²) in [6.45, 7) is 1.62. The zero-order valence-corrected chi connectivity index (χ0v) is 10.4. The number of nitrogens with two attached hydrogens (primary N) is 1. The van der Waals surface area contributed by atoms with Gasteiger partial charge in [0.1, 0.15) is 12.0 Å². The summed E-state index contributed by atoms with van der Waals surface area (Å²) in [5, 5.41) is 16.6. The number of carbonyl (C=O) groups excluding carboxylic acids is 1. The van der Waals surface area contributed by atoms with E-state index in [0.29, 0.717) is 5.82 Å². The van der Waals surface area contributed by atoms with Crippen LogP contribution in [0.25, 0.3) is 0 Å². The van der Waals surface area contributed by atoms with Crippen LogP contribution in [-0.4, -0.2) is 26.0 Å². The summed E-state index contributed by atoms with van der Waals surface area (Å²) in [7, 11) is 0. The number of hydrogen-bond acceptors (Lipinski definition) is 8. The van der Waals surface area contributed by atoms with Gasteiger partial charge in [0, 0.05) is 6.07 Å². The first-order valence-electron chi connectivity index (χ1n) is 5.44. The van der Waals surface area contributed by atoms with E-state index >= 15 is 0 Å². The van der Waals surface area contributed by atoms with Crippen molar-refractivity contribution in [2.45, 2.75) is 13.5 Å². The third-order valence-electron chi connectivity index (χ3n) is 2.33. The van der Waals surface area contributed by atoms with Crippen LogP contribution in [0.1, 0.15) is 22.1 Å². The fraction of sp³-hybridized carbons (Fsp3) is 0.200. The number of nitrogens with one attached hydrogen (secondary N) is 1. The highest BCUT2D eigenvalue weighted by atomic mass is 16.6. The van der Waals surface area contributed by atoms with Gasteiger partial charge in [0.05, 0.1) is 17.0 Å². The number of aromatic nitrogens is 3. The van der Waals surface area contributed by atoms with Crippen molar-refractivity contribution in [3.05, 3.63) is 39.7 Å². The molecule has 3 N–H and O–H groups in total. The Hall–Kier alpha value is -3.04. The van der Waals surface area contributed by atoms with Crippen molar-refractivity contribution in [3.63, 3.8) is 0 Å². The second-order valence-corrected chi connectivity index (χ2v) is 3.80. The highest BCUT2D eigenvalue weighted by molar-refractivity contribution is 5.98. The monoisotopic (exact) mass is 278 g/mol. The minimum Gasteiger partial charge on any atom is -0.383 e. The Kier molecular flexibility index (Phi) is 3.55. The minimum atomic E-state index is -0.662. The zero-order chi connectivity index (χ0) is 14.7. The molecule has 0 aliphatic carbocycles. The van der Waals surface area contributed by atoms with Crippen molar-refractivity contribution in [1.29, 1.82) is 0 Å². The van der Waals surface area contributed by atoms with Gasteiger partial charge in [-0.3, -0.25) is 14.9 Å². The molecule has 0 saturated heterocycles. The lowest BCUT2D eigenvalue weighted by Crippen LogP contribution is -2.24. The number of rotatable bonds is 4. The molecule has 0 saturated carbocycles. The molecule has 2 heterocycles. The van der Waals surface area contributed by atoms with Crippen LogP contribution in [0.15, 0.2) is 16.8 Å². The molecule has 10 nitrogen and oxygen atoms in total. The summed E-state index contributed by atoms with van der Waals surface area (Å²) in [6, 6.07) is 1.05. The molecule has 2 aromatic heterocycles. The largest absolute Gasteiger partial charge is 0.383 e. The maximum Gasteiger partial charge on any atom is 0.288 e. The average Bonchev–Trinajstić information content (AvgIpc) is 2.82. The fourth-order valence-electron chi connectivity index (χ4n) is 1.41. The molecule has 0 aliphatic rings. The van der Waals surface area contributed by atoms with Gasteiger partial charge in [-0.2, -0.15) is 4.98 Å². The summed E-state index contributed by atoms with van der Waals surface area (Å²) < 4.78 is 4.81. The van der Waals surface area contributed by atoms with Gasteiger partial charge in [0.15, 0.2) is 5.82 Å². The Morgan fingerprint density at radius 2 is 2.35 bits per heavy atom. The molecule has 0 spiro atoms. The standard InChI is InChI=1S/C10H10N6O4/c1-5-14-8(20-15-5)4-13-10(17)7-2-6(16(18)19)3-12-9(7)11/h2-3H,4H2,1H3,(H2,11,12)(H,13,17). The molecule has 0 radical (unpaired) electrons. The third kappa shape index (κ3) is 2.85. The predicted molar refractivity (Wildman–Crippen MR) is 65.5 cm³/mol. The summed E-state index contributed by atoms with van der Waals surface area (Å²) in [6.07, 6.45) is 0.980. The van der Waals surface area contributed by atoms with Crippen molar-refractivity contribution in [3.8, 4) is 0 Å². The number of carbonyl (C=O) groups is 1. The molecular formula is C10H10N6O4. The van der Waals surface area contributed by atoms with E-state index in [9.17, 15) is 14.9 Å². The zero-order valence-electron chi connectivity index (χ0n) is 10.4. The van der Waals surface area contributed by atoms with E-state index in [0.717, 1.165) is 12.3 Å². The topological polar surface area (TPSA) is 150 Å². The van der Waals surface area contributed by atoms with Gasteiger partial charge >= 0.3 is 0 Å². The summed E-state index contributed by atoms with van der Waals surface area (Å²) in [5.41, 5.74) is 5.11. The highest BCUT2D eigenvalue weighted by Gasteiger charge is 2.17. The number of pyridine rings is 1. The number of anilines is 1. The van der Waals surface area contributed by atoms with E-state index in [4.69, 9.17) is 10.3 Å². The van der Waals surface area contributed by atoms with Gasteiger partial charge in [-0.05, 0) is 6.92 Å². The molecule has 0 aliphatic heterocycles. The average molecular weight is 278 g/mol. The molecule has 2 aromatic rings. The number of hydrogen-bond donors (Lipinski definition) is 2. The molecular weight excluding hydrogens is 268 g/mol. The number of nitrogens with zero attached hydrogens (tertiary/aromatic N) is 4. The fourth-order valence-corrected chi connectivity index (χ4v) is 1.41. The van der Waals surface area contributed by atoms with E-state index in [1.165, 1.54) is 0 Å². The Balaban J connectivity index is 2.12. The molecule has 104 valence electrons. The SMILES string of the molecule is Cc1noc(CNC(=O)c2cc([N+](=O)[O-])cnc2N)n1. The van der Waals surface area contributed by atoms with E-state index < -0.39 is 10.8 Å². The highest BCUT2D eigenvalue weighted by Crippen LogP contribution is 2.16. The Morgan fingerprint density at radius 3 is 2.95 bits per heavy atom. The van der Waals surface area contributed by atoms with E-state index in [2.05, 4.69) is 20.4 Å². The predicted octanol–water partition coefficient (Wildman–Crippen LogP) is 0.193. The van der Waals surface area contributed by atoms with Gasteiger partial charge in [-0.25, -0.2) is 4.98 Å². The number of nitrogen functional groups attached to an aromatic ring is 1. The second-order valence-electron chi connectivity index (χ2n) is 3.80. The minimum absolute atomic E-state index is 0.0121. The molecule has 0 unspecified atom stereocenters. The number of aryl methyl sites for hydroxylation is 1. The first-order valence-corrected chi connectivity index (χ1v) is 5.44. The van der Waals surface area contributed by atoms with Crippen LogP contribution < -0.4 is 11.1 Å². The van der Waals surface area contributed by atoms with Crippen molar-refractivity contribution in [1.82, 2.24) is 20.4 Å². The van der Waals surface area contributed by atoms with E-state index in [1.807, 2.05) is 0 Å². The molecule has 0 atom stereocenters. The van der Waals surface area contributed by atoms with Crippen molar-refractivity contribution >= 4 is 17.4 Å². The van der Waals surface area contributed by atoms with Gasteiger partial charge in [0.25, 0.3) is 11.6 Å². The van der Waals surface area contributed by atoms with Gasteiger partial charge in [-0.15, -0.1) is 0 Å². The molecule has 0 fully saturated rings. The first kappa shape index (κ1) is 13.4. The summed E-state index contributed by atoms with van der Waals surface area (Å²) in [4.78, 5) is 29.3. The van der Waals surface area contributed by atoms with Crippen LogP contribution in [0.2, 0.25) is 0 Å². The smallest absolute Gasteiger partial charge is 0.288 e. The van der Waals surface area contributed by atoms with Gasteiger partial charge < -0.3 is 15.6 Å². The van der Waals surface area contributed by atoms with Crippen LogP contribution >= 0.6 is 0 Å². The molecule has 20 heavy (non-hydrogen) atoms. The summed E-state index contributed by atoms with van der Waals surface area (Å²) in [5.74, 6) is -0.0667. The van der Waals surface area contributed by atoms with Crippen LogP contribution in [-0.2, 0) is 6.54 Å². The molecule has 0 aromatic carbocycles. The summed E-state index contributed by atoms with van der Waals surface area (Å²) >= 11 is 0. The molecule has 2 rings (SSSR count). The maximum absolute atomic E-state index is 11.9. The van der Waals surface area contributed by atoms with Crippen molar-refractivity contribution < 1.29 is 14.2 Å². The van der Waals surface area contributed by atoms with Crippen molar-refractivity contribution in [2.75, 3.05) is 5.73 Å². The van der Waals surface area contributed by atoms with Gasteiger partial charge in [-0.1, -0.05) is 5.16 Å². The number of nitro groups is 1. The lowest BCUT2D eigenvalue weighted by atomic mass is 10.2. The molecule has 10 heteroatoms. The Bertz CT molecular complexity index is 668.